The molecule has 0 aromatic carbocycles. The van der Waals surface area contributed by atoms with E-state index in [0.29, 0.717) is 19.3 Å². The van der Waals surface area contributed by atoms with Crippen molar-refractivity contribution in [2.75, 3.05) is 13.4 Å². The Labute approximate surface area is 111 Å². The van der Waals surface area contributed by atoms with E-state index in [1.54, 1.807) is 0 Å². The van der Waals surface area contributed by atoms with E-state index in [9.17, 15) is 9.59 Å². The number of hydrogen-bond donors (Lipinski definition) is 3. The minimum atomic E-state index is -2.12. The summed E-state index contributed by atoms with van der Waals surface area (Å²) in [5.41, 5.74) is 0. The number of hydrogen-bond acceptors (Lipinski definition) is 6. The minimum absolute atomic E-state index is 0.193. The Balaban J connectivity index is 2.44. The third-order valence-corrected chi connectivity index (χ3v) is 2.81. The standard InChI is InChI=1S/C10H17N2O6P/c1-11-8(14)4-5-12(6-13)9-2-3-10(18-9)17-7-19(15)16/h4-6,9-10,15-16H,2-3,7H2,1H3,(H,11,14)/b5-4-. The van der Waals surface area contributed by atoms with Crippen LogP contribution in [0.1, 0.15) is 12.8 Å². The lowest BCUT2D eigenvalue weighted by atomic mass is 10.3. The van der Waals surface area contributed by atoms with E-state index < -0.39 is 20.9 Å². The maximum atomic E-state index is 11.0. The Kier molecular flexibility index (Phi) is 6.90. The smallest absolute Gasteiger partial charge is 0.245 e. The van der Waals surface area contributed by atoms with E-state index in [0.717, 1.165) is 0 Å². The summed E-state index contributed by atoms with van der Waals surface area (Å²) < 4.78 is 10.5. The van der Waals surface area contributed by atoms with Crippen molar-refractivity contribution in [3.8, 4) is 0 Å². The van der Waals surface area contributed by atoms with Crippen molar-refractivity contribution >= 4 is 20.7 Å². The highest BCUT2D eigenvalue weighted by Gasteiger charge is 2.29. The number of likely N-dealkylation sites (N-methyl/N-ethyl adjacent to an activating group) is 1. The molecule has 1 aliphatic heterocycles. The minimum Gasteiger partial charge on any atom is -0.356 e. The molecule has 0 radical (unpaired) electrons. The summed E-state index contributed by atoms with van der Waals surface area (Å²) in [5, 5.41) is 2.39. The number of nitrogens with one attached hydrogen (secondary N) is 1. The van der Waals surface area contributed by atoms with Crippen LogP contribution in [0.25, 0.3) is 0 Å². The van der Waals surface area contributed by atoms with Crippen LogP contribution in [0.4, 0.5) is 0 Å². The van der Waals surface area contributed by atoms with E-state index in [1.807, 2.05) is 0 Å². The lowest BCUT2D eigenvalue weighted by molar-refractivity contribution is -0.156. The summed E-state index contributed by atoms with van der Waals surface area (Å²) in [6.45, 7) is 0. The summed E-state index contributed by atoms with van der Waals surface area (Å²) in [6, 6.07) is 0. The normalized spacial score (nSPS) is 22.9. The Bertz CT molecular complexity index is 338. The predicted octanol–water partition coefficient (Wildman–Crippen LogP) is -0.562. The molecule has 1 rings (SSSR count). The molecule has 9 heteroatoms. The zero-order valence-electron chi connectivity index (χ0n) is 10.4. The molecule has 2 amide bonds. The average Bonchev–Trinajstić information content (AvgIpc) is 2.85. The van der Waals surface area contributed by atoms with Gasteiger partial charge in [0.15, 0.2) is 14.7 Å². The first-order valence-corrected chi connectivity index (χ1v) is 7.05. The second-order valence-electron chi connectivity index (χ2n) is 3.75. The van der Waals surface area contributed by atoms with E-state index in [1.165, 1.54) is 24.2 Å². The second-order valence-corrected chi connectivity index (χ2v) is 4.75. The zero-order valence-corrected chi connectivity index (χ0v) is 11.3. The van der Waals surface area contributed by atoms with Gasteiger partial charge in [-0.2, -0.15) is 0 Å². The summed E-state index contributed by atoms with van der Waals surface area (Å²) >= 11 is 0. The average molecular weight is 292 g/mol. The maximum absolute atomic E-state index is 11.0. The van der Waals surface area contributed by atoms with Gasteiger partial charge in [0, 0.05) is 25.7 Å². The molecule has 19 heavy (non-hydrogen) atoms. The van der Waals surface area contributed by atoms with E-state index in [-0.39, 0.29) is 12.3 Å². The molecule has 0 saturated carbocycles. The van der Waals surface area contributed by atoms with Crippen LogP contribution in [0.2, 0.25) is 0 Å². The van der Waals surface area contributed by atoms with Gasteiger partial charge < -0.3 is 24.6 Å². The molecule has 0 aliphatic carbocycles. The number of carbonyl (C=O) groups is 2. The summed E-state index contributed by atoms with van der Waals surface area (Å²) in [7, 11) is -0.638. The molecule has 2 unspecified atom stereocenters. The molecular formula is C10H17N2O6P. The Hall–Kier alpha value is -1.05. The number of amides is 2. The Morgan fingerprint density at radius 1 is 1.58 bits per heavy atom. The quantitative estimate of drug-likeness (QED) is 0.330. The highest BCUT2D eigenvalue weighted by atomic mass is 31.2. The van der Waals surface area contributed by atoms with Gasteiger partial charge in [-0.25, -0.2) is 0 Å². The van der Waals surface area contributed by atoms with Crippen molar-refractivity contribution in [1.82, 2.24) is 10.2 Å². The van der Waals surface area contributed by atoms with Crippen LogP contribution in [0.5, 0.6) is 0 Å². The van der Waals surface area contributed by atoms with Crippen molar-refractivity contribution in [2.24, 2.45) is 0 Å². The van der Waals surface area contributed by atoms with Crippen LogP contribution < -0.4 is 5.32 Å². The molecule has 0 spiro atoms. The van der Waals surface area contributed by atoms with Crippen LogP contribution in [-0.2, 0) is 19.1 Å². The lowest BCUT2D eigenvalue weighted by Crippen LogP contribution is -2.30. The maximum Gasteiger partial charge on any atom is 0.245 e. The fraction of sp³-hybridized carbons (Fsp3) is 0.600. The van der Waals surface area contributed by atoms with Gasteiger partial charge in [0.1, 0.15) is 12.6 Å². The van der Waals surface area contributed by atoms with Crippen LogP contribution in [0.3, 0.4) is 0 Å². The molecule has 1 aliphatic rings. The van der Waals surface area contributed by atoms with Crippen molar-refractivity contribution in [3.63, 3.8) is 0 Å². The molecule has 2 atom stereocenters. The SMILES string of the molecule is CNC(=O)/C=C\N(C=O)C1CCC(OCP(O)O)O1. The van der Waals surface area contributed by atoms with Gasteiger partial charge in [-0.15, -0.1) is 0 Å². The molecule has 0 aromatic rings. The summed E-state index contributed by atoms with van der Waals surface area (Å²) in [4.78, 5) is 40.6. The number of nitrogens with zero attached hydrogens (tertiary/aromatic N) is 1. The second kappa shape index (κ2) is 8.19. The van der Waals surface area contributed by atoms with Crippen molar-refractivity contribution in [2.45, 2.75) is 25.4 Å². The van der Waals surface area contributed by atoms with Gasteiger partial charge in [0.05, 0.1) is 0 Å². The fourth-order valence-corrected chi connectivity index (χ4v) is 1.82. The van der Waals surface area contributed by atoms with Gasteiger partial charge >= 0.3 is 0 Å². The first-order valence-electron chi connectivity index (χ1n) is 5.61. The third kappa shape index (κ3) is 5.63. The first-order chi connectivity index (χ1) is 9.06. The number of carbonyl (C=O) groups excluding carboxylic acids is 2. The van der Waals surface area contributed by atoms with Crippen LogP contribution >= 0.6 is 8.38 Å². The fourth-order valence-electron chi connectivity index (χ4n) is 1.52. The first kappa shape index (κ1) is 16.0. The number of ether oxygens (including phenoxy) is 2. The molecule has 3 N–H and O–H groups in total. The highest BCUT2D eigenvalue weighted by molar-refractivity contribution is 7.44. The third-order valence-electron chi connectivity index (χ3n) is 2.43. The molecule has 8 nitrogen and oxygen atoms in total. The molecule has 108 valence electrons. The Morgan fingerprint density at radius 3 is 2.89 bits per heavy atom. The van der Waals surface area contributed by atoms with Crippen LogP contribution in [0, 0.1) is 0 Å². The topological polar surface area (TPSA) is 108 Å². The van der Waals surface area contributed by atoms with Crippen LogP contribution in [-0.4, -0.2) is 52.9 Å². The van der Waals surface area contributed by atoms with E-state index in [4.69, 9.17) is 19.3 Å². The van der Waals surface area contributed by atoms with Gasteiger partial charge in [-0.3, -0.25) is 14.5 Å². The van der Waals surface area contributed by atoms with Gasteiger partial charge in [0.25, 0.3) is 0 Å². The van der Waals surface area contributed by atoms with E-state index in [2.05, 4.69) is 5.32 Å². The largest absolute Gasteiger partial charge is 0.356 e. The summed E-state index contributed by atoms with van der Waals surface area (Å²) in [5.74, 6) is -0.330. The summed E-state index contributed by atoms with van der Waals surface area (Å²) in [6.07, 6.45) is 2.87. The van der Waals surface area contributed by atoms with Crippen molar-refractivity contribution in [3.05, 3.63) is 12.3 Å². The van der Waals surface area contributed by atoms with Gasteiger partial charge in [-0.1, -0.05) is 0 Å². The zero-order chi connectivity index (χ0) is 14.3. The van der Waals surface area contributed by atoms with E-state index >= 15 is 0 Å². The molecule has 0 aromatic heterocycles. The highest BCUT2D eigenvalue weighted by Crippen LogP contribution is 2.28. The predicted molar refractivity (Wildman–Crippen MR) is 66.3 cm³/mol. The van der Waals surface area contributed by atoms with Crippen molar-refractivity contribution in [1.29, 1.82) is 0 Å². The monoisotopic (exact) mass is 292 g/mol. The molecule has 1 saturated heterocycles. The van der Waals surface area contributed by atoms with Crippen molar-refractivity contribution < 1.29 is 28.8 Å². The number of rotatable bonds is 7. The Morgan fingerprint density at radius 2 is 2.32 bits per heavy atom. The van der Waals surface area contributed by atoms with Crippen LogP contribution in [0.15, 0.2) is 12.3 Å². The van der Waals surface area contributed by atoms with Gasteiger partial charge in [0.2, 0.25) is 12.3 Å². The molecular weight excluding hydrogens is 275 g/mol. The molecule has 1 heterocycles. The molecule has 1 fully saturated rings. The lowest BCUT2D eigenvalue weighted by Gasteiger charge is -2.21. The molecule has 0 bridgehead atoms. The van der Waals surface area contributed by atoms with Gasteiger partial charge in [-0.05, 0) is 6.42 Å².